The summed E-state index contributed by atoms with van der Waals surface area (Å²) < 4.78 is 37.6. The number of nitriles is 1. The standard InChI is InChI=1S/C24H23N3O5S/c1-27(33(29,30)21-12-13-22(31-2)23(16-21)32-3)20-10-6-18(7-11-20)24(28)26-19-8-4-17(5-9-19)14-15-25/h4-13,16H,14H2,1-3H3,(H,26,28). The number of carbonyl (C=O) groups excluding carboxylic acids is 1. The maximum atomic E-state index is 13.1. The van der Waals surface area contributed by atoms with E-state index in [0.717, 1.165) is 9.87 Å². The van der Waals surface area contributed by atoms with E-state index in [0.29, 0.717) is 34.9 Å². The summed E-state index contributed by atoms with van der Waals surface area (Å²) in [4.78, 5) is 12.6. The Balaban J connectivity index is 1.76. The Morgan fingerprint density at radius 3 is 2.18 bits per heavy atom. The zero-order chi connectivity index (χ0) is 24.0. The molecule has 9 heteroatoms. The number of hydrogen-bond donors (Lipinski definition) is 1. The molecule has 0 aliphatic rings. The van der Waals surface area contributed by atoms with Crippen molar-refractivity contribution in [3.05, 3.63) is 77.9 Å². The molecule has 1 N–H and O–H groups in total. The van der Waals surface area contributed by atoms with Crippen LogP contribution in [0.3, 0.4) is 0 Å². The van der Waals surface area contributed by atoms with Crippen LogP contribution in [0.5, 0.6) is 11.5 Å². The maximum Gasteiger partial charge on any atom is 0.264 e. The van der Waals surface area contributed by atoms with Crippen LogP contribution in [0.4, 0.5) is 11.4 Å². The average Bonchev–Trinajstić information content (AvgIpc) is 2.84. The fourth-order valence-electron chi connectivity index (χ4n) is 3.10. The lowest BCUT2D eigenvalue weighted by Gasteiger charge is -2.20. The van der Waals surface area contributed by atoms with Crippen LogP contribution < -0.4 is 19.1 Å². The summed E-state index contributed by atoms with van der Waals surface area (Å²) in [6.45, 7) is 0. The van der Waals surface area contributed by atoms with Gasteiger partial charge in [0.1, 0.15) is 0 Å². The zero-order valence-electron chi connectivity index (χ0n) is 18.4. The lowest BCUT2D eigenvalue weighted by molar-refractivity contribution is 0.102. The molecule has 0 spiro atoms. The number of anilines is 2. The van der Waals surface area contributed by atoms with Crippen molar-refractivity contribution in [2.45, 2.75) is 11.3 Å². The van der Waals surface area contributed by atoms with Gasteiger partial charge in [0, 0.05) is 24.4 Å². The summed E-state index contributed by atoms with van der Waals surface area (Å²) in [6.07, 6.45) is 0.301. The fourth-order valence-corrected chi connectivity index (χ4v) is 4.31. The normalized spacial score (nSPS) is 10.7. The number of amides is 1. The Morgan fingerprint density at radius 1 is 0.970 bits per heavy atom. The molecule has 0 bridgehead atoms. The minimum absolute atomic E-state index is 0.0457. The molecular formula is C24H23N3O5S. The summed E-state index contributed by atoms with van der Waals surface area (Å²) in [5, 5.41) is 11.5. The first-order valence-corrected chi connectivity index (χ1v) is 11.3. The molecule has 0 aliphatic heterocycles. The van der Waals surface area contributed by atoms with E-state index >= 15 is 0 Å². The van der Waals surface area contributed by atoms with Gasteiger partial charge in [-0.05, 0) is 54.1 Å². The van der Waals surface area contributed by atoms with Crippen LogP contribution in [-0.4, -0.2) is 35.6 Å². The number of carbonyl (C=O) groups is 1. The molecule has 3 aromatic rings. The zero-order valence-corrected chi connectivity index (χ0v) is 19.2. The number of hydrogen-bond acceptors (Lipinski definition) is 6. The molecule has 0 aliphatic carbocycles. The van der Waals surface area contributed by atoms with Gasteiger partial charge in [-0.15, -0.1) is 0 Å². The Hall–Kier alpha value is -4.03. The summed E-state index contributed by atoms with van der Waals surface area (Å²) in [7, 11) is 0.473. The number of benzene rings is 3. The maximum absolute atomic E-state index is 13.1. The van der Waals surface area contributed by atoms with Gasteiger partial charge in [-0.25, -0.2) is 8.42 Å². The first-order valence-electron chi connectivity index (χ1n) is 9.88. The van der Waals surface area contributed by atoms with Crippen LogP contribution in [0, 0.1) is 11.3 Å². The number of nitrogens with zero attached hydrogens (tertiary/aromatic N) is 2. The highest BCUT2D eigenvalue weighted by molar-refractivity contribution is 7.92. The monoisotopic (exact) mass is 465 g/mol. The number of nitrogens with one attached hydrogen (secondary N) is 1. The second-order valence-corrected chi connectivity index (χ2v) is 8.99. The molecule has 33 heavy (non-hydrogen) atoms. The van der Waals surface area contributed by atoms with Gasteiger partial charge in [0.25, 0.3) is 15.9 Å². The van der Waals surface area contributed by atoms with Crippen molar-refractivity contribution in [1.29, 1.82) is 5.26 Å². The van der Waals surface area contributed by atoms with Crippen LogP contribution in [0.1, 0.15) is 15.9 Å². The molecule has 8 nitrogen and oxygen atoms in total. The van der Waals surface area contributed by atoms with Gasteiger partial charge in [0.2, 0.25) is 0 Å². The van der Waals surface area contributed by atoms with Crippen LogP contribution >= 0.6 is 0 Å². The van der Waals surface area contributed by atoms with Crippen LogP contribution in [0.15, 0.2) is 71.6 Å². The molecule has 0 atom stereocenters. The third-order valence-electron chi connectivity index (χ3n) is 5.00. The van der Waals surface area contributed by atoms with Gasteiger partial charge in [0.05, 0.1) is 37.3 Å². The highest BCUT2D eigenvalue weighted by Crippen LogP contribution is 2.31. The number of rotatable bonds is 8. The van der Waals surface area contributed by atoms with Crippen LogP contribution in [0.25, 0.3) is 0 Å². The van der Waals surface area contributed by atoms with Gasteiger partial charge in [-0.3, -0.25) is 9.10 Å². The number of methoxy groups -OCH3 is 2. The van der Waals surface area contributed by atoms with Crippen molar-refractivity contribution in [2.75, 3.05) is 30.9 Å². The topological polar surface area (TPSA) is 109 Å². The Morgan fingerprint density at radius 2 is 1.61 bits per heavy atom. The second kappa shape index (κ2) is 10.1. The van der Waals surface area contributed by atoms with Gasteiger partial charge in [-0.2, -0.15) is 5.26 Å². The van der Waals surface area contributed by atoms with Gasteiger partial charge < -0.3 is 14.8 Å². The second-order valence-electron chi connectivity index (χ2n) is 7.02. The van der Waals surface area contributed by atoms with Crippen molar-refractivity contribution >= 4 is 27.3 Å². The predicted octanol–water partition coefficient (Wildman–Crippen LogP) is 3.85. The lowest BCUT2D eigenvalue weighted by Crippen LogP contribution is -2.26. The van der Waals surface area contributed by atoms with E-state index < -0.39 is 10.0 Å². The molecule has 3 rings (SSSR count). The smallest absolute Gasteiger partial charge is 0.264 e. The number of ether oxygens (including phenoxy) is 2. The minimum atomic E-state index is -3.87. The Labute approximate surface area is 193 Å². The molecule has 0 radical (unpaired) electrons. The third kappa shape index (κ3) is 5.25. The number of sulfonamides is 1. The summed E-state index contributed by atoms with van der Waals surface area (Å²) in [5.41, 5.74) is 2.22. The highest BCUT2D eigenvalue weighted by Gasteiger charge is 2.23. The van der Waals surface area contributed by atoms with Crippen molar-refractivity contribution in [3.63, 3.8) is 0 Å². The van der Waals surface area contributed by atoms with E-state index in [-0.39, 0.29) is 10.8 Å². The van der Waals surface area contributed by atoms with Crippen LogP contribution in [-0.2, 0) is 16.4 Å². The van der Waals surface area contributed by atoms with E-state index in [4.69, 9.17) is 14.7 Å². The third-order valence-corrected chi connectivity index (χ3v) is 6.78. The summed E-state index contributed by atoms with van der Waals surface area (Å²) >= 11 is 0. The first-order chi connectivity index (χ1) is 15.8. The Bertz CT molecular complexity index is 1280. The van der Waals surface area contributed by atoms with E-state index in [1.807, 2.05) is 0 Å². The van der Waals surface area contributed by atoms with Crippen molar-refractivity contribution < 1.29 is 22.7 Å². The average molecular weight is 466 g/mol. The molecule has 0 unspecified atom stereocenters. The lowest BCUT2D eigenvalue weighted by atomic mass is 10.1. The molecular weight excluding hydrogens is 442 g/mol. The van der Waals surface area contributed by atoms with E-state index in [9.17, 15) is 13.2 Å². The van der Waals surface area contributed by atoms with Gasteiger partial charge in [-0.1, -0.05) is 12.1 Å². The molecule has 170 valence electrons. The van der Waals surface area contributed by atoms with E-state index in [1.165, 1.54) is 39.5 Å². The molecule has 0 heterocycles. The Kier molecular flexibility index (Phi) is 7.20. The van der Waals surface area contributed by atoms with Gasteiger partial charge in [0.15, 0.2) is 11.5 Å². The highest BCUT2D eigenvalue weighted by atomic mass is 32.2. The largest absolute Gasteiger partial charge is 0.493 e. The first kappa shape index (κ1) is 23.6. The van der Waals surface area contributed by atoms with Crippen molar-refractivity contribution in [1.82, 2.24) is 0 Å². The van der Waals surface area contributed by atoms with Gasteiger partial charge >= 0.3 is 0 Å². The molecule has 3 aromatic carbocycles. The minimum Gasteiger partial charge on any atom is -0.493 e. The SMILES string of the molecule is COc1ccc(S(=O)(=O)N(C)c2ccc(C(=O)Nc3ccc(CC#N)cc3)cc2)cc1OC. The molecule has 0 saturated carbocycles. The van der Waals surface area contributed by atoms with Crippen LogP contribution in [0.2, 0.25) is 0 Å². The predicted molar refractivity (Wildman–Crippen MR) is 125 cm³/mol. The molecule has 0 fully saturated rings. The van der Waals surface area contributed by atoms with E-state index in [2.05, 4.69) is 11.4 Å². The van der Waals surface area contributed by atoms with Crippen molar-refractivity contribution in [3.8, 4) is 17.6 Å². The van der Waals surface area contributed by atoms with Crippen molar-refractivity contribution in [2.24, 2.45) is 0 Å². The van der Waals surface area contributed by atoms with E-state index in [1.54, 1.807) is 48.5 Å². The quantitative estimate of drug-likeness (QED) is 0.541. The fraction of sp³-hybridized carbons (Fsp3) is 0.167. The summed E-state index contributed by atoms with van der Waals surface area (Å²) in [5.74, 6) is 0.397. The molecule has 1 amide bonds. The molecule has 0 aromatic heterocycles. The molecule has 0 saturated heterocycles. The summed E-state index contributed by atoms with van der Waals surface area (Å²) in [6, 6.07) is 19.7.